The molecule has 0 radical (unpaired) electrons. The van der Waals surface area contributed by atoms with Crippen molar-refractivity contribution in [2.75, 3.05) is 16.8 Å². The van der Waals surface area contributed by atoms with Gasteiger partial charge in [0.2, 0.25) is 0 Å². The second-order valence-corrected chi connectivity index (χ2v) is 11.1. The van der Waals surface area contributed by atoms with Gasteiger partial charge in [0, 0.05) is 30.0 Å². The largest absolute Gasteiger partial charge is 0.367 e. The van der Waals surface area contributed by atoms with Crippen molar-refractivity contribution >= 4 is 27.1 Å². The Hall–Kier alpha value is -3.12. The van der Waals surface area contributed by atoms with E-state index in [4.69, 9.17) is 0 Å². The van der Waals surface area contributed by atoms with E-state index in [1.165, 1.54) is 11.1 Å². The Morgan fingerprint density at radius 1 is 0.848 bits per heavy atom. The van der Waals surface area contributed by atoms with Crippen molar-refractivity contribution in [3.05, 3.63) is 89.5 Å². The highest BCUT2D eigenvalue weighted by molar-refractivity contribution is 7.92. The molecule has 0 bridgehead atoms. The van der Waals surface area contributed by atoms with E-state index >= 15 is 0 Å². The van der Waals surface area contributed by atoms with Crippen LogP contribution in [0.4, 0.5) is 11.4 Å². The van der Waals surface area contributed by atoms with Gasteiger partial charge in [-0.2, -0.15) is 0 Å². The topological polar surface area (TPSA) is 66.5 Å². The highest BCUT2D eigenvalue weighted by Crippen LogP contribution is 2.30. The van der Waals surface area contributed by atoms with Crippen LogP contribution in [0.3, 0.4) is 0 Å². The standard InChI is InChI=1S/C27H28N2O3S/c30-27(28-23-11-15-26(16-12-23)33(31,32)25-7-3-4-8-25)21-9-13-24(14-10-21)29-18-17-20-5-1-2-6-22(20)19-29/h1-2,5-6,9-16,25H,3-4,7-8,17-19H2,(H,28,30). The molecule has 33 heavy (non-hydrogen) atoms. The van der Waals surface area contributed by atoms with E-state index in [1.807, 2.05) is 24.3 Å². The van der Waals surface area contributed by atoms with Gasteiger partial charge in [0.25, 0.3) is 5.91 Å². The number of hydrogen-bond acceptors (Lipinski definition) is 4. The van der Waals surface area contributed by atoms with Crippen LogP contribution in [0.5, 0.6) is 0 Å². The number of sulfone groups is 1. The quantitative estimate of drug-likeness (QED) is 0.567. The summed E-state index contributed by atoms with van der Waals surface area (Å²) in [7, 11) is -3.29. The van der Waals surface area contributed by atoms with Gasteiger partial charge in [0.05, 0.1) is 10.1 Å². The molecule has 1 amide bonds. The Bertz CT molecular complexity index is 1250. The molecule has 1 heterocycles. The molecule has 3 aromatic rings. The van der Waals surface area contributed by atoms with Crippen molar-refractivity contribution in [1.29, 1.82) is 0 Å². The lowest BCUT2D eigenvalue weighted by Crippen LogP contribution is -2.30. The third-order valence-corrected chi connectivity index (χ3v) is 9.09. The molecule has 3 aromatic carbocycles. The minimum atomic E-state index is -3.29. The Morgan fingerprint density at radius 3 is 2.21 bits per heavy atom. The first-order valence-corrected chi connectivity index (χ1v) is 13.1. The zero-order chi connectivity index (χ0) is 22.8. The van der Waals surface area contributed by atoms with Gasteiger partial charge in [-0.3, -0.25) is 4.79 Å². The van der Waals surface area contributed by atoms with Crippen LogP contribution in [0.15, 0.2) is 77.7 Å². The molecule has 0 unspecified atom stereocenters. The molecule has 1 saturated carbocycles. The Kier molecular flexibility index (Phi) is 5.94. The summed E-state index contributed by atoms with van der Waals surface area (Å²) in [4.78, 5) is 15.4. The SMILES string of the molecule is O=C(Nc1ccc(S(=O)(=O)C2CCCC2)cc1)c1ccc(N2CCc3ccccc3C2)cc1. The highest BCUT2D eigenvalue weighted by atomic mass is 32.2. The monoisotopic (exact) mass is 460 g/mol. The van der Waals surface area contributed by atoms with Gasteiger partial charge < -0.3 is 10.2 Å². The zero-order valence-corrected chi connectivity index (χ0v) is 19.4. The third kappa shape index (κ3) is 4.53. The first-order chi connectivity index (χ1) is 16.0. The van der Waals surface area contributed by atoms with Gasteiger partial charge in [0.15, 0.2) is 9.84 Å². The predicted octanol–water partition coefficient (Wildman–Crippen LogP) is 5.22. The van der Waals surface area contributed by atoms with Crippen LogP contribution in [0.2, 0.25) is 0 Å². The minimum Gasteiger partial charge on any atom is -0.367 e. The second-order valence-electron chi connectivity index (χ2n) is 8.92. The molecular formula is C27H28N2O3S. The molecule has 1 aliphatic carbocycles. The van der Waals surface area contributed by atoms with Gasteiger partial charge in [-0.15, -0.1) is 0 Å². The second kappa shape index (κ2) is 9.02. The maximum absolute atomic E-state index is 12.7. The fourth-order valence-corrected chi connectivity index (χ4v) is 6.72. The zero-order valence-electron chi connectivity index (χ0n) is 18.5. The molecule has 0 aromatic heterocycles. The molecule has 1 aliphatic heterocycles. The van der Waals surface area contributed by atoms with Crippen LogP contribution >= 0.6 is 0 Å². The minimum absolute atomic E-state index is 0.211. The van der Waals surface area contributed by atoms with Gasteiger partial charge in [0.1, 0.15) is 0 Å². The lowest BCUT2D eigenvalue weighted by Gasteiger charge is -2.30. The van der Waals surface area contributed by atoms with Crippen molar-refractivity contribution in [2.24, 2.45) is 0 Å². The first-order valence-electron chi connectivity index (χ1n) is 11.6. The summed E-state index contributed by atoms with van der Waals surface area (Å²) >= 11 is 0. The van der Waals surface area contributed by atoms with E-state index in [0.29, 0.717) is 16.1 Å². The maximum atomic E-state index is 12.7. The molecule has 6 heteroatoms. The fourth-order valence-electron chi connectivity index (χ4n) is 4.86. The highest BCUT2D eigenvalue weighted by Gasteiger charge is 2.30. The molecule has 0 spiro atoms. The molecule has 5 nitrogen and oxygen atoms in total. The number of amides is 1. The van der Waals surface area contributed by atoms with Crippen LogP contribution in [-0.2, 0) is 22.8 Å². The summed E-state index contributed by atoms with van der Waals surface area (Å²) in [5.41, 5.74) is 5.01. The number of fused-ring (bicyclic) bond motifs is 1. The van der Waals surface area contributed by atoms with Crippen molar-refractivity contribution in [3.8, 4) is 0 Å². The average Bonchev–Trinajstić information content (AvgIpc) is 3.40. The molecule has 1 fully saturated rings. The first kappa shape index (κ1) is 21.7. The summed E-state index contributed by atoms with van der Waals surface area (Å²) in [5, 5.41) is 2.60. The number of benzene rings is 3. The summed E-state index contributed by atoms with van der Waals surface area (Å²) in [6.07, 6.45) is 4.44. The molecule has 5 rings (SSSR count). The van der Waals surface area contributed by atoms with Crippen LogP contribution in [0.25, 0.3) is 0 Å². The average molecular weight is 461 g/mol. The smallest absolute Gasteiger partial charge is 0.255 e. The normalized spacial score (nSPS) is 16.4. The van der Waals surface area contributed by atoms with Crippen molar-refractivity contribution < 1.29 is 13.2 Å². The summed E-state index contributed by atoms with van der Waals surface area (Å²) < 4.78 is 25.5. The Morgan fingerprint density at radius 2 is 1.52 bits per heavy atom. The molecule has 2 aliphatic rings. The van der Waals surface area contributed by atoms with E-state index in [1.54, 1.807) is 24.3 Å². The Labute approximate surface area is 195 Å². The molecule has 1 N–H and O–H groups in total. The van der Waals surface area contributed by atoms with E-state index in [0.717, 1.165) is 50.9 Å². The summed E-state index contributed by atoms with van der Waals surface area (Å²) in [6.45, 7) is 1.83. The summed E-state index contributed by atoms with van der Waals surface area (Å²) in [6, 6.07) is 22.7. The van der Waals surface area contributed by atoms with Crippen LogP contribution in [0.1, 0.15) is 47.2 Å². The lowest BCUT2D eigenvalue weighted by atomic mass is 9.99. The lowest BCUT2D eigenvalue weighted by molar-refractivity contribution is 0.102. The van der Waals surface area contributed by atoms with E-state index in [-0.39, 0.29) is 11.2 Å². The molecular weight excluding hydrogens is 432 g/mol. The number of rotatable bonds is 5. The van der Waals surface area contributed by atoms with E-state index < -0.39 is 9.84 Å². The van der Waals surface area contributed by atoms with Crippen LogP contribution < -0.4 is 10.2 Å². The molecule has 0 atom stereocenters. The number of hydrogen-bond donors (Lipinski definition) is 1. The van der Waals surface area contributed by atoms with Crippen LogP contribution in [-0.4, -0.2) is 26.1 Å². The third-order valence-electron chi connectivity index (χ3n) is 6.81. The van der Waals surface area contributed by atoms with Crippen LogP contribution in [0, 0.1) is 0 Å². The van der Waals surface area contributed by atoms with Gasteiger partial charge >= 0.3 is 0 Å². The van der Waals surface area contributed by atoms with Gasteiger partial charge in [-0.05, 0) is 78.9 Å². The van der Waals surface area contributed by atoms with Gasteiger partial charge in [-0.25, -0.2) is 8.42 Å². The number of carbonyl (C=O) groups is 1. The number of carbonyl (C=O) groups excluding carboxylic acids is 1. The molecule has 170 valence electrons. The predicted molar refractivity (Wildman–Crippen MR) is 131 cm³/mol. The van der Waals surface area contributed by atoms with Gasteiger partial charge in [-0.1, -0.05) is 37.1 Å². The number of nitrogens with one attached hydrogen (secondary N) is 1. The maximum Gasteiger partial charge on any atom is 0.255 e. The van der Waals surface area contributed by atoms with E-state index in [9.17, 15) is 13.2 Å². The summed E-state index contributed by atoms with van der Waals surface area (Å²) in [5.74, 6) is -0.211. The Balaban J connectivity index is 1.23. The van der Waals surface area contributed by atoms with E-state index in [2.05, 4.69) is 34.5 Å². The number of anilines is 2. The van der Waals surface area contributed by atoms with Crippen molar-refractivity contribution in [2.45, 2.75) is 48.8 Å². The molecule has 0 saturated heterocycles. The van der Waals surface area contributed by atoms with Crippen molar-refractivity contribution in [3.63, 3.8) is 0 Å². The fraction of sp³-hybridized carbons (Fsp3) is 0.296. The number of nitrogens with zero attached hydrogens (tertiary/aromatic N) is 1. The van der Waals surface area contributed by atoms with Crippen molar-refractivity contribution in [1.82, 2.24) is 0 Å².